The number of hydrogen-bond acceptors (Lipinski definition) is 4. The highest BCUT2D eigenvalue weighted by Gasteiger charge is 2.37. The minimum absolute atomic E-state index is 0.0378. The summed E-state index contributed by atoms with van der Waals surface area (Å²) in [6, 6.07) is 5.06. The molecule has 2 fully saturated rings. The zero-order valence-corrected chi connectivity index (χ0v) is 17.2. The van der Waals surface area contributed by atoms with Gasteiger partial charge in [0.2, 0.25) is 10.0 Å². The van der Waals surface area contributed by atoms with Crippen LogP contribution >= 0.6 is 0 Å². The van der Waals surface area contributed by atoms with Crippen LogP contribution in [0.4, 0.5) is 4.39 Å². The first-order chi connectivity index (χ1) is 13.4. The number of nitrogens with one attached hydrogen (secondary N) is 1. The van der Waals surface area contributed by atoms with Crippen molar-refractivity contribution in [2.24, 2.45) is 11.8 Å². The van der Waals surface area contributed by atoms with Crippen LogP contribution < -0.4 is 9.46 Å². The summed E-state index contributed by atoms with van der Waals surface area (Å²) in [5, 5.41) is 0. The van der Waals surface area contributed by atoms with Crippen molar-refractivity contribution in [3.8, 4) is 5.75 Å². The molecule has 2 saturated carbocycles. The molecule has 0 spiro atoms. The van der Waals surface area contributed by atoms with Gasteiger partial charge < -0.3 is 9.47 Å². The third-order valence-electron chi connectivity index (χ3n) is 6.66. The van der Waals surface area contributed by atoms with Crippen LogP contribution in [0.5, 0.6) is 5.75 Å². The van der Waals surface area contributed by atoms with Gasteiger partial charge >= 0.3 is 0 Å². The Morgan fingerprint density at radius 3 is 2.61 bits per heavy atom. The summed E-state index contributed by atoms with van der Waals surface area (Å²) in [6.07, 6.45) is 7.89. The van der Waals surface area contributed by atoms with Gasteiger partial charge in [-0.25, -0.2) is 17.5 Å². The van der Waals surface area contributed by atoms with E-state index in [9.17, 15) is 12.8 Å². The first kappa shape index (κ1) is 20.1. The van der Waals surface area contributed by atoms with Crippen molar-refractivity contribution in [1.82, 2.24) is 4.72 Å². The lowest BCUT2D eigenvalue weighted by Crippen LogP contribution is -2.48. The summed E-state index contributed by atoms with van der Waals surface area (Å²) in [7, 11) is -3.30. The molecule has 0 amide bonds. The van der Waals surface area contributed by atoms with Crippen molar-refractivity contribution in [3.05, 3.63) is 29.6 Å². The number of hydrogen-bond donors (Lipinski definition) is 1. The smallest absolute Gasteiger partial charge is 0.208 e. The largest absolute Gasteiger partial charge is 0.490 e. The molecular formula is C21H30FNO4S. The Morgan fingerprint density at radius 2 is 1.86 bits per heavy atom. The second kappa shape index (κ2) is 8.28. The third-order valence-corrected chi connectivity index (χ3v) is 7.39. The lowest BCUT2D eigenvalue weighted by atomic mass is 9.76. The van der Waals surface area contributed by atoms with Gasteiger partial charge in [0.05, 0.1) is 25.6 Å². The number of para-hydroxylation sites is 1. The molecule has 2 heterocycles. The number of fused-ring (bicyclic) bond motifs is 4. The predicted molar refractivity (Wildman–Crippen MR) is 105 cm³/mol. The average molecular weight is 412 g/mol. The summed E-state index contributed by atoms with van der Waals surface area (Å²) < 4.78 is 53.5. The summed E-state index contributed by atoms with van der Waals surface area (Å²) in [5.74, 6) is 0.580. The first-order valence-electron chi connectivity index (χ1n) is 10.4. The lowest BCUT2D eigenvalue weighted by Gasteiger charge is -2.40. The van der Waals surface area contributed by atoms with E-state index in [1.807, 2.05) is 6.07 Å². The van der Waals surface area contributed by atoms with Crippen LogP contribution in [0.2, 0.25) is 0 Å². The van der Waals surface area contributed by atoms with Crippen LogP contribution in [-0.2, 0) is 14.8 Å². The predicted octanol–water partition coefficient (Wildman–Crippen LogP) is 3.60. The number of sulfonamides is 1. The number of halogens is 1. The van der Waals surface area contributed by atoms with E-state index in [-0.39, 0.29) is 29.8 Å². The second-order valence-corrected chi connectivity index (χ2v) is 10.4. The van der Waals surface area contributed by atoms with E-state index < -0.39 is 10.0 Å². The molecule has 0 aromatic heterocycles. The van der Waals surface area contributed by atoms with E-state index in [4.69, 9.17) is 9.47 Å². The van der Waals surface area contributed by atoms with Crippen LogP contribution in [0, 0.1) is 17.7 Å². The highest BCUT2D eigenvalue weighted by atomic mass is 32.2. The number of benzene rings is 1. The molecule has 5 nitrogen and oxygen atoms in total. The maximum atomic E-state index is 14.6. The fourth-order valence-corrected chi connectivity index (χ4v) is 6.06. The molecule has 1 aromatic rings. The van der Waals surface area contributed by atoms with Crippen LogP contribution in [0.1, 0.15) is 56.4 Å². The van der Waals surface area contributed by atoms with Crippen molar-refractivity contribution in [3.63, 3.8) is 0 Å². The SMILES string of the molecule is CS(=O)(=O)N[C@H]1CCCC2COc3c(F)cccc3C3CCC(CC3)OC[C@H]21. The minimum atomic E-state index is -3.30. The van der Waals surface area contributed by atoms with Gasteiger partial charge in [0, 0.05) is 17.5 Å². The average Bonchev–Trinajstić information content (AvgIpc) is 2.64. The first-order valence-corrected chi connectivity index (χ1v) is 12.3. The normalized spacial score (nSPS) is 33.7. The molecule has 1 aromatic carbocycles. The fourth-order valence-electron chi connectivity index (χ4n) is 5.21. The monoisotopic (exact) mass is 411 g/mol. The standard InChI is InChI=1S/C21H30FNO4S/c1-28(24,25)23-20-7-2-4-15-12-27-21-17(5-3-6-19(21)22)14-8-10-16(11-9-14)26-13-18(15)20/h3,5-6,14-16,18,20,23H,2,4,7-13H2,1H3/t14?,15?,16?,18-,20+/m1/s1. The van der Waals surface area contributed by atoms with E-state index >= 15 is 0 Å². The van der Waals surface area contributed by atoms with Gasteiger partial charge in [-0.3, -0.25) is 0 Å². The summed E-state index contributed by atoms with van der Waals surface area (Å²) in [4.78, 5) is 0. The maximum absolute atomic E-state index is 14.6. The number of ether oxygens (including phenoxy) is 2. The molecule has 156 valence electrons. The Labute approximate surface area is 167 Å². The molecule has 3 atom stereocenters. The van der Waals surface area contributed by atoms with E-state index in [0.717, 1.165) is 50.5 Å². The van der Waals surface area contributed by atoms with Gasteiger partial charge in [0.25, 0.3) is 0 Å². The van der Waals surface area contributed by atoms with Crippen molar-refractivity contribution in [1.29, 1.82) is 0 Å². The molecule has 1 unspecified atom stereocenters. The maximum Gasteiger partial charge on any atom is 0.208 e. The Bertz CT molecular complexity index is 792. The quantitative estimate of drug-likeness (QED) is 0.808. The molecule has 0 saturated heterocycles. The van der Waals surface area contributed by atoms with Gasteiger partial charge in [0.1, 0.15) is 0 Å². The summed E-state index contributed by atoms with van der Waals surface area (Å²) in [6.45, 7) is 0.919. The molecule has 2 aliphatic carbocycles. The van der Waals surface area contributed by atoms with Crippen LogP contribution in [0.15, 0.2) is 18.2 Å². The molecule has 0 radical (unpaired) electrons. The topological polar surface area (TPSA) is 64.6 Å². The number of rotatable bonds is 2. The van der Waals surface area contributed by atoms with E-state index in [1.54, 1.807) is 6.07 Å². The van der Waals surface area contributed by atoms with Gasteiger partial charge in [-0.05, 0) is 56.4 Å². The van der Waals surface area contributed by atoms with E-state index in [1.165, 1.54) is 12.3 Å². The molecular weight excluding hydrogens is 381 g/mol. The van der Waals surface area contributed by atoms with E-state index in [0.29, 0.717) is 24.9 Å². The lowest BCUT2D eigenvalue weighted by molar-refractivity contribution is -0.0301. The highest BCUT2D eigenvalue weighted by Crippen LogP contribution is 2.41. The van der Waals surface area contributed by atoms with Crippen molar-refractivity contribution < 1.29 is 22.3 Å². The Balaban J connectivity index is 1.63. The van der Waals surface area contributed by atoms with Gasteiger partial charge in [-0.1, -0.05) is 18.6 Å². The van der Waals surface area contributed by atoms with Crippen molar-refractivity contribution in [2.75, 3.05) is 19.5 Å². The highest BCUT2D eigenvalue weighted by molar-refractivity contribution is 7.88. The molecule has 1 N–H and O–H groups in total. The minimum Gasteiger partial charge on any atom is -0.490 e. The van der Waals surface area contributed by atoms with Gasteiger partial charge in [-0.2, -0.15) is 0 Å². The van der Waals surface area contributed by atoms with Crippen molar-refractivity contribution >= 4 is 10.0 Å². The molecule has 7 heteroatoms. The Hall–Kier alpha value is -1.18. The van der Waals surface area contributed by atoms with Gasteiger partial charge in [-0.15, -0.1) is 0 Å². The zero-order valence-electron chi connectivity index (χ0n) is 16.4. The van der Waals surface area contributed by atoms with E-state index in [2.05, 4.69) is 4.72 Å². The molecule has 28 heavy (non-hydrogen) atoms. The molecule has 5 rings (SSSR count). The molecule has 4 aliphatic rings. The third kappa shape index (κ3) is 4.52. The fraction of sp³-hybridized carbons (Fsp3) is 0.714. The van der Waals surface area contributed by atoms with Crippen LogP contribution in [-0.4, -0.2) is 40.0 Å². The Morgan fingerprint density at radius 1 is 1.07 bits per heavy atom. The van der Waals surface area contributed by atoms with Crippen molar-refractivity contribution in [2.45, 2.75) is 63.0 Å². The second-order valence-electron chi connectivity index (χ2n) is 8.63. The summed E-state index contributed by atoms with van der Waals surface area (Å²) in [5.41, 5.74) is 0.970. The van der Waals surface area contributed by atoms with Gasteiger partial charge in [0.15, 0.2) is 11.6 Å². The molecule has 2 bridgehead atoms. The molecule has 2 aliphatic heterocycles. The zero-order chi connectivity index (χ0) is 19.7. The summed E-state index contributed by atoms with van der Waals surface area (Å²) >= 11 is 0. The Kier molecular flexibility index (Phi) is 5.95. The van der Waals surface area contributed by atoms with Crippen LogP contribution in [0.25, 0.3) is 0 Å². The van der Waals surface area contributed by atoms with Crippen LogP contribution in [0.3, 0.4) is 0 Å².